The lowest BCUT2D eigenvalue weighted by Gasteiger charge is -2.31. The van der Waals surface area contributed by atoms with Crippen LogP contribution in [0.3, 0.4) is 0 Å². The van der Waals surface area contributed by atoms with Crippen LogP contribution in [0.1, 0.15) is 0 Å². The molecule has 1 heterocycles. The van der Waals surface area contributed by atoms with Gasteiger partial charge in [0, 0.05) is 12.7 Å². The van der Waals surface area contributed by atoms with Gasteiger partial charge in [-0.05, 0) is 18.2 Å². The molecule has 1 aromatic carbocycles. The summed E-state index contributed by atoms with van der Waals surface area (Å²) in [5.74, 6) is -0.230. The Morgan fingerprint density at radius 2 is 1.94 bits per heavy atom. The first-order chi connectivity index (χ1) is 7.99. The van der Waals surface area contributed by atoms with E-state index in [-0.39, 0.29) is 24.9 Å². The van der Waals surface area contributed by atoms with Crippen molar-refractivity contribution in [3.8, 4) is 0 Å². The maximum absolute atomic E-state index is 11.8. The summed E-state index contributed by atoms with van der Waals surface area (Å²) in [6.45, 7) is 0.123. The molecule has 0 aliphatic carbocycles. The fraction of sp³-hybridized carbons (Fsp3) is 0.273. The third kappa shape index (κ3) is 2.19. The van der Waals surface area contributed by atoms with E-state index < -0.39 is 0 Å². The summed E-state index contributed by atoms with van der Waals surface area (Å²) < 4.78 is 0. The summed E-state index contributed by atoms with van der Waals surface area (Å²) in [5, 5.41) is 0.432. The third-order valence-electron chi connectivity index (χ3n) is 2.68. The molecular weight excluding hydrogens is 242 g/mol. The fourth-order valence-corrected chi connectivity index (χ4v) is 1.77. The highest BCUT2D eigenvalue weighted by Gasteiger charge is 2.28. The van der Waals surface area contributed by atoms with Crippen LogP contribution in [-0.2, 0) is 9.59 Å². The number of amides is 2. The van der Waals surface area contributed by atoms with Gasteiger partial charge in [-0.3, -0.25) is 9.59 Å². The average molecular weight is 254 g/mol. The second kappa shape index (κ2) is 4.25. The van der Waals surface area contributed by atoms with Gasteiger partial charge in [0.25, 0.3) is 0 Å². The summed E-state index contributed by atoms with van der Waals surface area (Å²) in [7, 11) is 1.60. The van der Waals surface area contributed by atoms with Crippen LogP contribution in [0, 0.1) is 0 Å². The van der Waals surface area contributed by atoms with Gasteiger partial charge in [-0.15, -0.1) is 0 Å². The molecule has 90 valence electrons. The van der Waals surface area contributed by atoms with E-state index >= 15 is 0 Å². The topological polar surface area (TPSA) is 66.6 Å². The molecule has 0 bridgehead atoms. The summed E-state index contributed by atoms with van der Waals surface area (Å²) in [4.78, 5) is 26.2. The van der Waals surface area contributed by atoms with Gasteiger partial charge in [-0.1, -0.05) is 11.6 Å². The largest absolute Gasteiger partial charge is 0.397 e. The van der Waals surface area contributed by atoms with Crippen LogP contribution in [0.25, 0.3) is 0 Å². The van der Waals surface area contributed by atoms with Crippen LogP contribution in [0.2, 0.25) is 5.02 Å². The van der Waals surface area contributed by atoms with Crippen molar-refractivity contribution in [3.63, 3.8) is 0 Å². The van der Waals surface area contributed by atoms with E-state index in [2.05, 4.69) is 0 Å². The second-order valence-electron chi connectivity index (χ2n) is 3.94. The second-order valence-corrected chi connectivity index (χ2v) is 4.34. The molecule has 1 aromatic rings. The molecule has 0 saturated carbocycles. The molecule has 6 heteroatoms. The Balaban J connectivity index is 2.30. The molecule has 0 radical (unpaired) electrons. The van der Waals surface area contributed by atoms with Crippen molar-refractivity contribution in [2.24, 2.45) is 0 Å². The molecule has 0 aromatic heterocycles. The maximum atomic E-state index is 11.8. The number of benzene rings is 1. The van der Waals surface area contributed by atoms with E-state index in [0.29, 0.717) is 16.4 Å². The van der Waals surface area contributed by atoms with Gasteiger partial charge in [0.15, 0.2) is 0 Å². The number of rotatable bonds is 1. The van der Waals surface area contributed by atoms with Gasteiger partial charge >= 0.3 is 0 Å². The number of hydrogen-bond acceptors (Lipinski definition) is 3. The van der Waals surface area contributed by atoms with E-state index in [1.165, 1.54) is 9.80 Å². The number of nitrogens with two attached hydrogens (primary N) is 1. The van der Waals surface area contributed by atoms with E-state index in [0.717, 1.165) is 0 Å². The van der Waals surface area contributed by atoms with Crippen LogP contribution in [0.4, 0.5) is 11.4 Å². The summed E-state index contributed by atoms with van der Waals surface area (Å²) in [6.07, 6.45) is 0. The average Bonchev–Trinajstić information content (AvgIpc) is 2.27. The van der Waals surface area contributed by atoms with Gasteiger partial charge in [0.1, 0.15) is 6.54 Å². The molecule has 0 atom stereocenters. The standard InChI is InChI=1S/C11H12ClN3O2/c1-14-5-11(17)15(6-10(14)16)7-2-3-8(12)9(13)4-7/h2-4H,5-6,13H2,1H3. The highest BCUT2D eigenvalue weighted by Crippen LogP contribution is 2.26. The molecule has 1 fully saturated rings. The molecular formula is C11H12ClN3O2. The lowest BCUT2D eigenvalue weighted by molar-refractivity contribution is -0.136. The third-order valence-corrected chi connectivity index (χ3v) is 3.03. The van der Waals surface area contributed by atoms with Crippen LogP contribution in [0.5, 0.6) is 0 Å². The lowest BCUT2D eigenvalue weighted by Crippen LogP contribution is -2.52. The zero-order valence-electron chi connectivity index (χ0n) is 9.31. The Bertz CT molecular complexity index is 490. The summed E-state index contributed by atoms with van der Waals surface area (Å²) in [5.41, 5.74) is 6.66. The van der Waals surface area contributed by atoms with Crippen molar-refractivity contribution >= 4 is 34.8 Å². The smallest absolute Gasteiger partial charge is 0.247 e. The van der Waals surface area contributed by atoms with Gasteiger partial charge < -0.3 is 15.5 Å². The first kappa shape index (κ1) is 11.7. The first-order valence-electron chi connectivity index (χ1n) is 5.08. The normalized spacial score (nSPS) is 16.6. The van der Waals surface area contributed by atoms with E-state index in [9.17, 15) is 9.59 Å². The zero-order valence-corrected chi connectivity index (χ0v) is 10.1. The minimum absolute atomic E-state index is 0.0381. The molecule has 1 aliphatic rings. The van der Waals surface area contributed by atoms with E-state index in [1.807, 2.05) is 0 Å². The number of hydrogen-bond donors (Lipinski definition) is 1. The van der Waals surface area contributed by atoms with Crippen LogP contribution < -0.4 is 10.6 Å². The number of carbonyl (C=O) groups excluding carboxylic acids is 2. The van der Waals surface area contributed by atoms with Gasteiger partial charge in [0.2, 0.25) is 11.8 Å². The lowest BCUT2D eigenvalue weighted by atomic mass is 10.2. The molecule has 1 saturated heterocycles. The van der Waals surface area contributed by atoms with Gasteiger partial charge in [0.05, 0.1) is 17.3 Å². The first-order valence-corrected chi connectivity index (χ1v) is 5.46. The Morgan fingerprint density at radius 3 is 2.59 bits per heavy atom. The molecule has 2 amide bonds. The molecule has 5 nitrogen and oxygen atoms in total. The minimum atomic E-state index is -0.131. The zero-order chi connectivity index (χ0) is 12.6. The number of nitrogen functional groups attached to an aromatic ring is 1. The van der Waals surface area contributed by atoms with Crippen molar-refractivity contribution in [1.29, 1.82) is 0 Å². The highest BCUT2D eigenvalue weighted by atomic mass is 35.5. The number of halogens is 1. The molecule has 2 rings (SSSR count). The van der Waals surface area contributed by atoms with Gasteiger partial charge in [-0.25, -0.2) is 0 Å². The summed E-state index contributed by atoms with van der Waals surface area (Å²) >= 11 is 5.80. The predicted octanol–water partition coefficient (Wildman–Crippen LogP) is 0.727. The Kier molecular flexibility index (Phi) is 2.93. The molecule has 2 N–H and O–H groups in total. The van der Waals surface area contributed by atoms with Crippen LogP contribution >= 0.6 is 11.6 Å². The SMILES string of the molecule is CN1CC(=O)N(c2ccc(Cl)c(N)c2)CC1=O. The number of carbonyl (C=O) groups is 2. The van der Waals surface area contributed by atoms with Crippen LogP contribution in [-0.4, -0.2) is 36.9 Å². The van der Waals surface area contributed by atoms with Gasteiger partial charge in [-0.2, -0.15) is 0 Å². The predicted molar refractivity (Wildman–Crippen MR) is 65.9 cm³/mol. The molecule has 1 aliphatic heterocycles. The summed E-state index contributed by atoms with van der Waals surface area (Å²) in [6, 6.07) is 4.89. The Morgan fingerprint density at radius 1 is 1.24 bits per heavy atom. The molecule has 17 heavy (non-hydrogen) atoms. The van der Waals surface area contributed by atoms with Crippen molar-refractivity contribution < 1.29 is 9.59 Å². The quantitative estimate of drug-likeness (QED) is 0.751. The fourth-order valence-electron chi connectivity index (χ4n) is 1.65. The maximum Gasteiger partial charge on any atom is 0.247 e. The van der Waals surface area contributed by atoms with Crippen molar-refractivity contribution in [3.05, 3.63) is 23.2 Å². The Hall–Kier alpha value is -1.75. The molecule has 0 spiro atoms. The van der Waals surface area contributed by atoms with Crippen molar-refractivity contribution in [1.82, 2.24) is 4.90 Å². The number of likely N-dealkylation sites (N-methyl/N-ethyl adjacent to an activating group) is 1. The number of nitrogens with zero attached hydrogens (tertiary/aromatic N) is 2. The van der Waals surface area contributed by atoms with Crippen molar-refractivity contribution in [2.45, 2.75) is 0 Å². The highest BCUT2D eigenvalue weighted by molar-refractivity contribution is 6.33. The van der Waals surface area contributed by atoms with E-state index in [1.54, 1.807) is 25.2 Å². The molecule has 0 unspecified atom stereocenters. The van der Waals surface area contributed by atoms with Crippen LogP contribution in [0.15, 0.2) is 18.2 Å². The minimum Gasteiger partial charge on any atom is -0.397 e. The van der Waals surface area contributed by atoms with Crippen molar-refractivity contribution in [2.75, 3.05) is 30.8 Å². The number of piperazine rings is 1. The monoisotopic (exact) mass is 253 g/mol. The number of anilines is 2. The van der Waals surface area contributed by atoms with E-state index in [4.69, 9.17) is 17.3 Å². The Labute approximate surface area is 104 Å².